The summed E-state index contributed by atoms with van der Waals surface area (Å²) >= 11 is 0. The van der Waals surface area contributed by atoms with Gasteiger partial charge in [-0.1, -0.05) is 27.7 Å². The van der Waals surface area contributed by atoms with Gasteiger partial charge in [-0.25, -0.2) is 9.69 Å². The van der Waals surface area contributed by atoms with Crippen LogP contribution in [0.2, 0.25) is 0 Å². The number of rotatable bonds is 6. The molecular weight excluding hydrogens is 310 g/mol. The topological polar surface area (TPSA) is 72.9 Å². The van der Waals surface area contributed by atoms with Crippen molar-refractivity contribution < 1.29 is 23.9 Å². The van der Waals surface area contributed by atoms with Gasteiger partial charge in [0.15, 0.2) is 0 Å². The number of carbonyl (C=O) groups excluding carboxylic acids is 3. The maximum Gasteiger partial charge on any atom is 0.416 e. The summed E-state index contributed by atoms with van der Waals surface area (Å²) in [5.41, 5.74) is -0.602. The predicted molar refractivity (Wildman–Crippen MR) is 90.2 cm³/mol. The fraction of sp³-hybridized carbons (Fsp3) is 0.833. The standard InChI is InChI=1S/C18H31NO5/c1-11(2)8-13(9-15(20)24-18(5,6)7)16(21)19-14(12(3)4)10-23-17(19)22/h11-14H,8-10H2,1-7H3. The number of carbonyl (C=O) groups is 3. The van der Waals surface area contributed by atoms with Gasteiger partial charge < -0.3 is 9.47 Å². The minimum atomic E-state index is -0.614. The maximum absolute atomic E-state index is 12.9. The van der Waals surface area contributed by atoms with Gasteiger partial charge in [-0.15, -0.1) is 0 Å². The molecule has 0 spiro atoms. The molecule has 1 saturated heterocycles. The highest BCUT2D eigenvalue weighted by Crippen LogP contribution is 2.27. The number of imide groups is 1. The molecule has 0 aliphatic carbocycles. The molecule has 0 N–H and O–H groups in total. The first-order chi connectivity index (χ1) is 10.9. The van der Waals surface area contributed by atoms with E-state index < -0.39 is 23.6 Å². The Kier molecular flexibility index (Phi) is 6.81. The second-order valence-corrected chi connectivity index (χ2v) is 8.21. The van der Waals surface area contributed by atoms with Crippen LogP contribution < -0.4 is 0 Å². The van der Waals surface area contributed by atoms with Gasteiger partial charge in [-0.3, -0.25) is 9.59 Å². The first-order valence-electron chi connectivity index (χ1n) is 8.64. The number of cyclic esters (lactones) is 1. The van der Waals surface area contributed by atoms with Crippen molar-refractivity contribution in [2.45, 2.75) is 73.0 Å². The van der Waals surface area contributed by atoms with Crippen molar-refractivity contribution >= 4 is 18.0 Å². The number of hydrogen-bond donors (Lipinski definition) is 0. The van der Waals surface area contributed by atoms with Crippen molar-refractivity contribution in [3.63, 3.8) is 0 Å². The van der Waals surface area contributed by atoms with Crippen molar-refractivity contribution in [1.82, 2.24) is 4.90 Å². The third-order valence-electron chi connectivity index (χ3n) is 3.85. The highest BCUT2D eigenvalue weighted by atomic mass is 16.6. The van der Waals surface area contributed by atoms with Crippen LogP contribution in [0, 0.1) is 17.8 Å². The molecule has 2 atom stereocenters. The van der Waals surface area contributed by atoms with Crippen LogP contribution >= 0.6 is 0 Å². The first kappa shape index (κ1) is 20.5. The van der Waals surface area contributed by atoms with Gasteiger partial charge in [0.05, 0.1) is 12.5 Å². The minimum Gasteiger partial charge on any atom is -0.460 e. The lowest BCUT2D eigenvalue weighted by atomic mass is 9.91. The van der Waals surface area contributed by atoms with Crippen molar-refractivity contribution in [2.24, 2.45) is 17.8 Å². The van der Waals surface area contributed by atoms with E-state index >= 15 is 0 Å². The summed E-state index contributed by atoms with van der Waals surface area (Å²) in [4.78, 5) is 38.3. The Morgan fingerprint density at radius 3 is 2.29 bits per heavy atom. The summed E-state index contributed by atoms with van der Waals surface area (Å²) in [5, 5.41) is 0. The summed E-state index contributed by atoms with van der Waals surface area (Å²) in [6, 6.07) is -0.279. The molecule has 1 rings (SSSR count). The third-order valence-corrected chi connectivity index (χ3v) is 3.85. The van der Waals surface area contributed by atoms with E-state index in [1.54, 1.807) is 20.8 Å². The number of nitrogens with zero attached hydrogens (tertiary/aromatic N) is 1. The number of hydrogen-bond acceptors (Lipinski definition) is 5. The van der Waals surface area contributed by atoms with E-state index in [1.165, 1.54) is 4.90 Å². The van der Waals surface area contributed by atoms with E-state index in [2.05, 4.69) is 0 Å². The lowest BCUT2D eigenvalue weighted by molar-refractivity contribution is -0.158. The Labute approximate surface area is 144 Å². The molecule has 0 radical (unpaired) electrons. The van der Waals surface area contributed by atoms with Gasteiger partial charge in [-0.05, 0) is 39.0 Å². The summed E-state index contributed by atoms with van der Waals surface area (Å²) in [7, 11) is 0. The molecule has 2 unspecified atom stereocenters. The van der Waals surface area contributed by atoms with E-state index in [-0.39, 0.29) is 36.8 Å². The Balaban J connectivity index is 2.92. The van der Waals surface area contributed by atoms with E-state index in [0.29, 0.717) is 6.42 Å². The molecule has 1 aliphatic rings. The first-order valence-corrected chi connectivity index (χ1v) is 8.64. The SMILES string of the molecule is CC(C)CC(CC(=O)OC(C)(C)C)C(=O)N1C(=O)OCC1C(C)C. The van der Waals surface area contributed by atoms with Crippen LogP contribution in [0.4, 0.5) is 4.79 Å². The molecule has 0 aromatic rings. The van der Waals surface area contributed by atoms with Gasteiger partial charge in [0.25, 0.3) is 0 Å². The summed E-state index contributed by atoms with van der Waals surface area (Å²) < 4.78 is 10.4. The molecule has 1 fully saturated rings. The van der Waals surface area contributed by atoms with Crippen molar-refractivity contribution in [3.05, 3.63) is 0 Å². The average molecular weight is 341 g/mol. The largest absolute Gasteiger partial charge is 0.460 e. The van der Waals surface area contributed by atoms with Crippen LogP contribution in [0.25, 0.3) is 0 Å². The molecule has 1 aliphatic heterocycles. The van der Waals surface area contributed by atoms with E-state index in [0.717, 1.165) is 0 Å². The molecule has 1 heterocycles. The maximum atomic E-state index is 12.9. The second kappa shape index (κ2) is 7.99. The van der Waals surface area contributed by atoms with E-state index in [1.807, 2.05) is 27.7 Å². The Hall–Kier alpha value is -1.59. The average Bonchev–Trinajstić information content (AvgIpc) is 2.76. The van der Waals surface area contributed by atoms with E-state index in [9.17, 15) is 14.4 Å². The van der Waals surface area contributed by atoms with Crippen LogP contribution in [0.15, 0.2) is 0 Å². The van der Waals surface area contributed by atoms with Gasteiger partial charge in [0.1, 0.15) is 12.2 Å². The Bertz CT molecular complexity index is 478. The lowest BCUT2D eigenvalue weighted by Gasteiger charge is -2.28. The predicted octanol–water partition coefficient (Wildman–Crippen LogP) is 3.38. The van der Waals surface area contributed by atoms with Gasteiger partial charge in [0, 0.05) is 5.92 Å². The van der Waals surface area contributed by atoms with Crippen LogP contribution in [0.3, 0.4) is 0 Å². The van der Waals surface area contributed by atoms with Crippen LogP contribution in [0.5, 0.6) is 0 Å². The molecule has 0 aromatic carbocycles. The second-order valence-electron chi connectivity index (χ2n) is 8.21. The highest BCUT2D eigenvalue weighted by molar-refractivity contribution is 5.96. The zero-order valence-corrected chi connectivity index (χ0v) is 15.9. The fourth-order valence-corrected chi connectivity index (χ4v) is 2.80. The molecule has 0 aromatic heterocycles. The normalized spacial score (nSPS) is 19.6. The van der Waals surface area contributed by atoms with Crippen molar-refractivity contribution in [3.8, 4) is 0 Å². The molecule has 0 saturated carbocycles. The zero-order chi connectivity index (χ0) is 18.7. The Morgan fingerprint density at radius 2 is 1.83 bits per heavy atom. The number of ether oxygens (including phenoxy) is 2. The molecular formula is C18H31NO5. The Morgan fingerprint density at radius 1 is 1.25 bits per heavy atom. The molecule has 0 bridgehead atoms. The van der Waals surface area contributed by atoms with Gasteiger partial charge in [-0.2, -0.15) is 0 Å². The zero-order valence-electron chi connectivity index (χ0n) is 15.9. The van der Waals surface area contributed by atoms with Crippen molar-refractivity contribution in [1.29, 1.82) is 0 Å². The van der Waals surface area contributed by atoms with Crippen LogP contribution in [-0.2, 0) is 19.1 Å². The quantitative estimate of drug-likeness (QED) is 0.693. The van der Waals surface area contributed by atoms with E-state index in [4.69, 9.17) is 9.47 Å². The summed E-state index contributed by atoms with van der Waals surface area (Å²) in [6.45, 7) is 13.4. The smallest absolute Gasteiger partial charge is 0.416 e. The summed E-state index contributed by atoms with van der Waals surface area (Å²) in [6.07, 6.45) is -0.119. The van der Waals surface area contributed by atoms with Crippen LogP contribution in [-0.4, -0.2) is 41.1 Å². The summed E-state index contributed by atoms with van der Waals surface area (Å²) in [5.74, 6) is -1.02. The molecule has 24 heavy (non-hydrogen) atoms. The highest BCUT2D eigenvalue weighted by Gasteiger charge is 2.42. The monoisotopic (exact) mass is 341 g/mol. The molecule has 6 heteroatoms. The lowest BCUT2D eigenvalue weighted by Crippen LogP contribution is -2.45. The third kappa shape index (κ3) is 5.80. The van der Waals surface area contributed by atoms with Gasteiger partial charge in [0.2, 0.25) is 5.91 Å². The van der Waals surface area contributed by atoms with Crippen molar-refractivity contribution in [2.75, 3.05) is 6.61 Å². The van der Waals surface area contributed by atoms with Crippen LogP contribution in [0.1, 0.15) is 61.3 Å². The number of esters is 1. The molecule has 6 nitrogen and oxygen atoms in total. The minimum absolute atomic E-state index is 0.0249. The van der Waals surface area contributed by atoms with Gasteiger partial charge >= 0.3 is 12.1 Å². The fourth-order valence-electron chi connectivity index (χ4n) is 2.80. The molecule has 138 valence electrons. The molecule has 2 amide bonds. The number of amides is 2.